The van der Waals surface area contributed by atoms with Crippen LogP contribution >= 0.6 is 11.3 Å². The highest BCUT2D eigenvalue weighted by Gasteiger charge is 2.15. The summed E-state index contributed by atoms with van der Waals surface area (Å²) < 4.78 is 26.4. The second kappa shape index (κ2) is 5.54. The van der Waals surface area contributed by atoms with E-state index < -0.39 is 11.6 Å². The molecule has 7 heteroatoms. The molecule has 0 aliphatic rings. The molecule has 1 aromatic carbocycles. The van der Waals surface area contributed by atoms with Crippen LogP contribution in [0.15, 0.2) is 12.1 Å². The zero-order valence-electron chi connectivity index (χ0n) is 11.0. The number of aromatic nitrogens is 1. The van der Waals surface area contributed by atoms with Gasteiger partial charge in [-0.25, -0.2) is 13.8 Å². The van der Waals surface area contributed by atoms with Crippen molar-refractivity contribution in [3.63, 3.8) is 0 Å². The van der Waals surface area contributed by atoms with E-state index in [1.807, 2.05) is 0 Å². The Bertz CT molecular complexity index is 670. The number of nitrogen functional groups attached to an aromatic ring is 1. The molecular formula is C13H13F2N3OS. The summed E-state index contributed by atoms with van der Waals surface area (Å²) in [5.74, 6) is -2.13. The van der Waals surface area contributed by atoms with Crippen molar-refractivity contribution in [1.82, 2.24) is 10.3 Å². The van der Waals surface area contributed by atoms with E-state index in [0.29, 0.717) is 21.3 Å². The van der Waals surface area contributed by atoms with E-state index in [1.165, 1.54) is 13.0 Å². The van der Waals surface area contributed by atoms with Crippen LogP contribution < -0.4 is 11.1 Å². The van der Waals surface area contributed by atoms with Crippen LogP contribution in [0.25, 0.3) is 0 Å². The van der Waals surface area contributed by atoms with Crippen LogP contribution in [-0.2, 0) is 6.54 Å². The van der Waals surface area contributed by atoms with Crippen molar-refractivity contribution < 1.29 is 13.6 Å². The number of carbonyl (C=O) groups excluding carboxylic acids is 1. The number of halogens is 2. The van der Waals surface area contributed by atoms with Gasteiger partial charge >= 0.3 is 0 Å². The SMILES string of the molecule is Cc1nc(N)sc1C(=O)NCc1ccc(F)c(F)c1C. The van der Waals surface area contributed by atoms with Gasteiger partial charge in [-0.3, -0.25) is 4.79 Å². The first-order chi connectivity index (χ1) is 9.40. The van der Waals surface area contributed by atoms with Crippen molar-refractivity contribution in [3.05, 3.63) is 45.5 Å². The number of benzene rings is 1. The van der Waals surface area contributed by atoms with Crippen molar-refractivity contribution in [1.29, 1.82) is 0 Å². The third-order valence-corrected chi connectivity index (χ3v) is 3.90. The molecule has 4 nitrogen and oxygen atoms in total. The molecule has 1 heterocycles. The van der Waals surface area contributed by atoms with Gasteiger partial charge in [0.25, 0.3) is 5.91 Å². The van der Waals surface area contributed by atoms with Gasteiger partial charge in [0.15, 0.2) is 16.8 Å². The number of anilines is 1. The average Bonchev–Trinajstić information content (AvgIpc) is 2.74. The van der Waals surface area contributed by atoms with E-state index in [0.717, 1.165) is 17.4 Å². The molecule has 1 amide bonds. The van der Waals surface area contributed by atoms with Crippen LogP contribution in [0.1, 0.15) is 26.5 Å². The molecule has 0 atom stereocenters. The maximum absolute atomic E-state index is 13.4. The predicted molar refractivity (Wildman–Crippen MR) is 73.5 cm³/mol. The van der Waals surface area contributed by atoms with Crippen molar-refractivity contribution >= 4 is 22.4 Å². The number of nitrogens with one attached hydrogen (secondary N) is 1. The minimum absolute atomic E-state index is 0.110. The van der Waals surface area contributed by atoms with Crippen molar-refractivity contribution in [3.8, 4) is 0 Å². The number of hydrogen-bond acceptors (Lipinski definition) is 4. The van der Waals surface area contributed by atoms with Crippen molar-refractivity contribution in [2.75, 3.05) is 5.73 Å². The minimum atomic E-state index is -0.899. The Hall–Kier alpha value is -2.02. The first-order valence-electron chi connectivity index (χ1n) is 5.84. The van der Waals surface area contributed by atoms with E-state index >= 15 is 0 Å². The number of carbonyl (C=O) groups is 1. The summed E-state index contributed by atoms with van der Waals surface area (Å²) >= 11 is 1.09. The molecular weight excluding hydrogens is 284 g/mol. The van der Waals surface area contributed by atoms with Crippen molar-refractivity contribution in [2.24, 2.45) is 0 Å². The monoisotopic (exact) mass is 297 g/mol. The predicted octanol–water partition coefficient (Wildman–Crippen LogP) is 2.55. The third-order valence-electron chi connectivity index (χ3n) is 2.91. The number of hydrogen-bond donors (Lipinski definition) is 2. The standard InChI is InChI=1S/C13H13F2N3OS/c1-6-8(3-4-9(14)10(6)15)5-17-12(19)11-7(2)18-13(16)20-11/h3-4H,5H2,1-2H3,(H2,16,18)(H,17,19). The Balaban J connectivity index is 2.11. The summed E-state index contributed by atoms with van der Waals surface area (Å²) in [5.41, 5.74) is 6.78. The second-order valence-corrected chi connectivity index (χ2v) is 5.33. The number of rotatable bonds is 3. The molecule has 0 aliphatic carbocycles. The average molecular weight is 297 g/mol. The molecule has 0 radical (unpaired) electrons. The van der Waals surface area contributed by atoms with E-state index in [1.54, 1.807) is 6.92 Å². The zero-order chi connectivity index (χ0) is 14.9. The van der Waals surface area contributed by atoms with Gasteiger partial charge in [0.2, 0.25) is 0 Å². The number of amides is 1. The number of nitrogens with two attached hydrogens (primary N) is 1. The molecule has 106 valence electrons. The fourth-order valence-corrected chi connectivity index (χ4v) is 2.52. The van der Waals surface area contributed by atoms with E-state index in [-0.39, 0.29) is 18.0 Å². The van der Waals surface area contributed by atoms with Crippen LogP contribution in [0.5, 0.6) is 0 Å². The van der Waals surface area contributed by atoms with Crippen LogP contribution in [0.2, 0.25) is 0 Å². The van der Waals surface area contributed by atoms with E-state index in [2.05, 4.69) is 10.3 Å². The molecule has 0 unspecified atom stereocenters. The summed E-state index contributed by atoms with van der Waals surface area (Å²) in [6, 6.07) is 2.49. The fraction of sp³-hybridized carbons (Fsp3) is 0.231. The van der Waals surface area contributed by atoms with Gasteiger partial charge in [0.1, 0.15) is 4.88 Å². The van der Waals surface area contributed by atoms with Gasteiger partial charge in [-0.1, -0.05) is 17.4 Å². The molecule has 0 saturated heterocycles. The lowest BCUT2D eigenvalue weighted by Gasteiger charge is -2.08. The van der Waals surface area contributed by atoms with Gasteiger partial charge in [-0.15, -0.1) is 0 Å². The quantitative estimate of drug-likeness (QED) is 0.915. The topological polar surface area (TPSA) is 68.0 Å². The van der Waals surface area contributed by atoms with Crippen molar-refractivity contribution in [2.45, 2.75) is 20.4 Å². The lowest BCUT2D eigenvalue weighted by Crippen LogP contribution is -2.23. The lowest BCUT2D eigenvalue weighted by atomic mass is 10.1. The maximum atomic E-state index is 13.4. The van der Waals surface area contributed by atoms with Gasteiger partial charge in [0, 0.05) is 6.54 Å². The van der Waals surface area contributed by atoms with Gasteiger partial charge < -0.3 is 11.1 Å². The summed E-state index contributed by atoms with van der Waals surface area (Å²) in [5, 5.41) is 2.96. The summed E-state index contributed by atoms with van der Waals surface area (Å²) in [6.07, 6.45) is 0. The van der Waals surface area contributed by atoms with Crippen LogP contribution in [0, 0.1) is 25.5 Å². The summed E-state index contributed by atoms with van der Waals surface area (Å²) in [4.78, 5) is 16.3. The van der Waals surface area contributed by atoms with Gasteiger partial charge in [0.05, 0.1) is 5.69 Å². The number of nitrogens with zero attached hydrogens (tertiary/aromatic N) is 1. The normalized spacial score (nSPS) is 10.6. The number of aryl methyl sites for hydroxylation is 1. The Labute approximate surface area is 118 Å². The van der Waals surface area contributed by atoms with Crippen LogP contribution in [0.4, 0.5) is 13.9 Å². The molecule has 1 aromatic heterocycles. The Morgan fingerprint density at radius 3 is 2.70 bits per heavy atom. The first-order valence-corrected chi connectivity index (χ1v) is 6.66. The Morgan fingerprint density at radius 1 is 1.40 bits per heavy atom. The largest absolute Gasteiger partial charge is 0.375 e. The first kappa shape index (κ1) is 14.4. The lowest BCUT2D eigenvalue weighted by molar-refractivity contribution is 0.0954. The van der Waals surface area contributed by atoms with E-state index in [4.69, 9.17) is 5.73 Å². The highest BCUT2D eigenvalue weighted by Crippen LogP contribution is 2.20. The van der Waals surface area contributed by atoms with Gasteiger partial charge in [-0.2, -0.15) is 0 Å². The number of thiazole rings is 1. The van der Waals surface area contributed by atoms with Crippen LogP contribution in [-0.4, -0.2) is 10.9 Å². The highest BCUT2D eigenvalue weighted by molar-refractivity contribution is 7.17. The minimum Gasteiger partial charge on any atom is -0.375 e. The van der Waals surface area contributed by atoms with Gasteiger partial charge in [-0.05, 0) is 31.0 Å². The molecule has 0 saturated carbocycles. The molecule has 2 aromatic rings. The molecule has 0 aliphatic heterocycles. The van der Waals surface area contributed by atoms with E-state index in [9.17, 15) is 13.6 Å². The molecule has 3 N–H and O–H groups in total. The third kappa shape index (κ3) is 2.77. The Kier molecular flexibility index (Phi) is 3.99. The smallest absolute Gasteiger partial charge is 0.263 e. The highest BCUT2D eigenvalue weighted by atomic mass is 32.1. The summed E-state index contributed by atoms with van der Waals surface area (Å²) in [7, 11) is 0. The molecule has 20 heavy (non-hydrogen) atoms. The summed E-state index contributed by atoms with van der Waals surface area (Å²) in [6.45, 7) is 3.26. The fourth-order valence-electron chi connectivity index (χ4n) is 1.77. The molecule has 2 rings (SSSR count). The molecule has 0 spiro atoms. The maximum Gasteiger partial charge on any atom is 0.263 e. The molecule has 0 fully saturated rings. The van der Waals surface area contributed by atoms with Crippen LogP contribution in [0.3, 0.4) is 0 Å². The Morgan fingerprint density at radius 2 is 2.10 bits per heavy atom. The second-order valence-electron chi connectivity index (χ2n) is 4.29. The molecule has 0 bridgehead atoms. The zero-order valence-corrected chi connectivity index (χ0v) is 11.8.